The smallest absolute Gasteiger partial charge is 0.0366 e. The van der Waals surface area contributed by atoms with Crippen molar-refractivity contribution in [2.45, 2.75) is 45.2 Å². The highest BCUT2D eigenvalue weighted by molar-refractivity contribution is 5.47. The second-order valence-corrected chi connectivity index (χ2v) is 6.59. The molecule has 1 aromatic rings. The van der Waals surface area contributed by atoms with Crippen LogP contribution < -0.4 is 10.2 Å². The average Bonchev–Trinajstić information content (AvgIpc) is 2.52. The molecule has 1 N–H and O–H groups in total. The zero-order chi connectivity index (χ0) is 15.1. The van der Waals surface area contributed by atoms with Gasteiger partial charge in [-0.3, -0.25) is 0 Å². The van der Waals surface area contributed by atoms with Crippen molar-refractivity contribution >= 4 is 5.69 Å². The van der Waals surface area contributed by atoms with Crippen LogP contribution in [-0.2, 0) is 6.54 Å². The Kier molecular flexibility index (Phi) is 6.52. The van der Waals surface area contributed by atoms with Gasteiger partial charge < -0.3 is 15.1 Å². The molecular formula is C18H31N3. The van der Waals surface area contributed by atoms with Crippen molar-refractivity contribution in [1.29, 1.82) is 0 Å². The number of rotatable bonds is 7. The van der Waals surface area contributed by atoms with Crippen LogP contribution in [0.15, 0.2) is 24.3 Å². The standard InChI is InChI=1S/C18H31N3/c1-16(11-14-20(2)3)19-15-17-7-9-18(10-8-17)21-12-5-4-6-13-21/h7-10,16,19H,4-6,11-15H2,1-3H3. The number of nitrogens with zero attached hydrogens (tertiary/aromatic N) is 2. The zero-order valence-electron chi connectivity index (χ0n) is 13.9. The van der Waals surface area contributed by atoms with Crippen molar-refractivity contribution in [2.24, 2.45) is 0 Å². The summed E-state index contributed by atoms with van der Waals surface area (Å²) in [6, 6.07) is 9.68. The third-order valence-corrected chi connectivity index (χ3v) is 4.32. The second kappa shape index (κ2) is 8.40. The molecule has 0 amide bonds. The third-order valence-electron chi connectivity index (χ3n) is 4.32. The highest BCUT2D eigenvalue weighted by atomic mass is 15.1. The molecule has 2 rings (SSSR count). The first-order valence-corrected chi connectivity index (χ1v) is 8.37. The molecule has 0 aliphatic carbocycles. The fourth-order valence-electron chi connectivity index (χ4n) is 2.82. The molecule has 0 radical (unpaired) electrons. The van der Waals surface area contributed by atoms with E-state index >= 15 is 0 Å². The van der Waals surface area contributed by atoms with Crippen LogP contribution in [0.5, 0.6) is 0 Å². The zero-order valence-corrected chi connectivity index (χ0v) is 13.9. The largest absolute Gasteiger partial charge is 0.372 e. The molecule has 3 heteroatoms. The Bertz CT molecular complexity index is 393. The van der Waals surface area contributed by atoms with Gasteiger partial charge in [0.1, 0.15) is 0 Å². The summed E-state index contributed by atoms with van der Waals surface area (Å²) in [5.41, 5.74) is 2.77. The van der Waals surface area contributed by atoms with E-state index < -0.39 is 0 Å². The SMILES string of the molecule is CC(CCN(C)C)NCc1ccc(N2CCCCC2)cc1. The van der Waals surface area contributed by atoms with E-state index in [9.17, 15) is 0 Å². The minimum absolute atomic E-state index is 0.564. The van der Waals surface area contributed by atoms with Gasteiger partial charge in [0.15, 0.2) is 0 Å². The van der Waals surface area contributed by atoms with Gasteiger partial charge in [-0.15, -0.1) is 0 Å². The van der Waals surface area contributed by atoms with Crippen molar-refractivity contribution < 1.29 is 0 Å². The molecule has 1 aromatic carbocycles. The predicted octanol–water partition coefficient (Wildman–Crippen LogP) is 3.11. The van der Waals surface area contributed by atoms with E-state index in [2.05, 4.69) is 60.4 Å². The topological polar surface area (TPSA) is 18.5 Å². The van der Waals surface area contributed by atoms with E-state index in [1.165, 1.54) is 50.0 Å². The summed E-state index contributed by atoms with van der Waals surface area (Å²) in [5.74, 6) is 0. The lowest BCUT2D eigenvalue weighted by Crippen LogP contribution is -2.30. The normalized spacial score (nSPS) is 17.2. The molecule has 0 aromatic heterocycles. The Labute approximate surface area is 130 Å². The van der Waals surface area contributed by atoms with Crippen molar-refractivity contribution in [3.8, 4) is 0 Å². The quantitative estimate of drug-likeness (QED) is 0.832. The molecule has 0 saturated carbocycles. The van der Waals surface area contributed by atoms with Gasteiger partial charge in [-0.1, -0.05) is 12.1 Å². The van der Waals surface area contributed by atoms with E-state index in [1.807, 2.05) is 0 Å². The van der Waals surface area contributed by atoms with Crippen molar-refractivity contribution in [3.05, 3.63) is 29.8 Å². The lowest BCUT2D eigenvalue weighted by molar-refractivity contribution is 0.365. The van der Waals surface area contributed by atoms with Gasteiger partial charge in [0.25, 0.3) is 0 Å². The molecule has 1 aliphatic rings. The molecule has 3 nitrogen and oxygen atoms in total. The summed E-state index contributed by atoms with van der Waals surface area (Å²) < 4.78 is 0. The Hall–Kier alpha value is -1.06. The lowest BCUT2D eigenvalue weighted by atomic mass is 10.1. The van der Waals surface area contributed by atoms with Crippen LogP contribution in [0.2, 0.25) is 0 Å². The number of piperidine rings is 1. The maximum Gasteiger partial charge on any atom is 0.0366 e. The average molecular weight is 289 g/mol. The summed E-state index contributed by atoms with van der Waals surface area (Å²) in [5, 5.41) is 3.61. The predicted molar refractivity (Wildman–Crippen MR) is 92.0 cm³/mol. The molecule has 1 atom stereocenters. The van der Waals surface area contributed by atoms with E-state index in [0.29, 0.717) is 6.04 Å². The third kappa shape index (κ3) is 5.68. The van der Waals surface area contributed by atoms with Crippen molar-refractivity contribution in [1.82, 2.24) is 10.2 Å². The first-order chi connectivity index (χ1) is 10.1. The number of hydrogen-bond donors (Lipinski definition) is 1. The fraction of sp³-hybridized carbons (Fsp3) is 0.667. The highest BCUT2D eigenvalue weighted by Crippen LogP contribution is 2.20. The van der Waals surface area contributed by atoms with Crippen molar-refractivity contribution in [2.75, 3.05) is 38.6 Å². The molecule has 1 saturated heterocycles. The molecule has 118 valence electrons. The van der Waals surface area contributed by atoms with Crippen LogP contribution in [0.1, 0.15) is 38.2 Å². The molecular weight excluding hydrogens is 258 g/mol. The molecule has 0 bridgehead atoms. The molecule has 1 aliphatic heterocycles. The summed E-state index contributed by atoms with van der Waals surface area (Å²) in [6.45, 7) is 6.82. The summed E-state index contributed by atoms with van der Waals surface area (Å²) in [7, 11) is 4.26. The Morgan fingerprint density at radius 1 is 1.10 bits per heavy atom. The Morgan fingerprint density at radius 3 is 2.38 bits per heavy atom. The first-order valence-electron chi connectivity index (χ1n) is 8.37. The van der Waals surface area contributed by atoms with Gasteiger partial charge in [-0.25, -0.2) is 0 Å². The molecule has 1 fully saturated rings. The number of nitrogens with one attached hydrogen (secondary N) is 1. The van der Waals surface area contributed by atoms with E-state index in [-0.39, 0.29) is 0 Å². The number of hydrogen-bond acceptors (Lipinski definition) is 3. The van der Waals surface area contributed by atoms with Gasteiger partial charge in [0.2, 0.25) is 0 Å². The minimum Gasteiger partial charge on any atom is -0.372 e. The maximum absolute atomic E-state index is 3.61. The molecule has 21 heavy (non-hydrogen) atoms. The Balaban J connectivity index is 1.76. The van der Waals surface area contributed by atoms with Gasteiger partial charge in [-0.2, -0.15) is 0 Å². The van der Waals surface area contributed by atoms with Gasteiger partial charge in [0.05, 0.1) is 0 Å². The monoisotopic (exact) mass is 289 g/mol. The molecule has 1 heterocycles. The van der Waals surface area contributed by atoms with Gasteiger partial charge in [-0.05, 0) is 70.9 Å². The van der Waals surface area contributed by atoms with E-state index in [0.717, 1.165) is 13.1 Å². The summed E-state index contributed by atoms with van der Waals surface area (Å²) in [4.78, 5) is 4.76. The first kappa shape index (κ1) is 16.3. The van der Waals surface area contributed by atoms with Crippen LogP contribution in [0.4, 0.5) is 5.69 Å². The van der Waals surface area contributed by atoms with Crippen LogP contribution in [-0.4, -0.2) is 44.7 Å². The van der Waals surface area contributed by atoms with Gasteiger partial charge in [0, 0.05) is 31.4 Å². The van der Waals surface area contributed by atoms with Crippen LogP contribution in [0.3, 0.4) is 0 Å². The molecule has 1 unspecified atom stereocenters. The van der Waals surface area contributed by atoms with Crippen LogP contribution in [0.25, 0.3) is 0 Å². The highest BCUT2D eigenvalue weighted by Gasteiger charge is 2.10. The van der Waals surface area contributed by atoms with E-state index in [1.54, 1.807) is 0 Å². The second-order valence-electron chi connectivity index (χ2n) is 6.59. The maximum atomic E-state index is 3.61. The van der Waals surface area contributed by atoms with Crippen LogP contribution in [0, 0.1) is 0 Å². The van der Waals surface area contributed by atoms with Crippen LogP contribution >= 0.6 is 0 Å². The Morgan fingerprint density at radius 2 is 1.76 bits per heavy atom. The number of anilines is 1. The van der Waals surface area contributed by atoms with Crippen molar-refractivity contribution in [3.63, 3.8) is 0 Å². The minimum atomic E-state index is 0.564. The van der Waals surface area contributed by atoms with E-state index in [4.69, 9.17) is 0 Å². The van der Waals surface area contributed by atoms with Gasteiger partial charge >= 0.3 is 0 Å². The molecule has 0 spiro atoms. The summed E-state index contributed by atoms with van der Waals surface area (Å²) >= 11 is 0. The lowest BCUT2D eigenvalue weighted by Gasteiger charge is -2.29. The fourth-order valence-corrected chi connectivity index (χ4v) is 2.82. The number of benzene rings is 1. The summed E-state index contributed by atoms with van der Waals surface area (Å²) in [6.07, 6.45) is 5.27.